The number of aryl methyl sites for hydroxylation is 1. The fourth-order valence-electron chi connectivity index (χ4n) is 3.36. The highest BCUT2D eigenvalue weighted by atomic mass is 16.5. The summed E-state index contributed by atoms with van der Waals surface area (Å²) >= 11 is 0. The number of ether oxygens (including phenoxy) is 1. The number of benzene rings is 1. The van der Waals surface area contributed by atoms with E-state index in [9.17, 15) is 4.79 Å². The van der Waals surface area contributed by atoms with Crippen molar-refractivity contribution in [3.8, 4) is 5.75 Å². The van der Waals surface area contributed by atoms with E-state index in [0.29, 0.717) is 12.1 Å². The van der Waals surface area contributed by atoms with Crippen LogP contribution in [0.15, 0.2) is 41.0 Å². The van der Waals surface area contributed by atoms with Gasteiger partial charge in [0.05, 0.1) is 19.9 Å². The first kappa shape index (κ1) is 17.5. The van der Waals surface area contributed by atoms with E-state index in [1.165, 1.54) is 0 Å². The van der Waals surface area contributed by atoms with E-state index >= 15 is 0 Å². The maximum atomic E-state index is 13.2. The van der Waals surface area contributed by atoms with Crippen LogP contribution in [0.5, 0.6) is 5.75 Å². The number of hydrogen-bond acceptors (Lipinski definition) is 4. The molecule has 0 spiro atoms. The molecule has 1 fully saturated rings. The zero-order valence-corrected chi connectivity index (χ0v) is 15.2. The monoisotopic (exact) mass is 342 g/mol. The Morgan fingerprint density at radius 2 is 2.08 bits per heavy atom. The molecule has 0 saturated carbocycles. The van der Waals surface area contributed by atoms with Crippen LogP contribution >= 0.6 is 0 Å². The molecule has 1 saturated heterocycles. The van der Waals surface area contributed by atoms with Gasteiger partial charge < -0.3 is 19.0 Å². The summed E-state index contributed by atoms with van der Waals surface area (Å²) in [5.41, 5.74) is 1.68. The first-order valence-corrected chi connectivity index (χ1v) is 8.75. The van der Waals surface area contributed by atoms with Gasteiger partial charge in [-0.3, -0.25) is 4.79 Å². The third-order valence-electron chi connectivity index (χ3n) is 4.95. The Hall–Kier alpha value is -2.27. The molecule has 0 atom stereocenters. The molecule has 5 heteroatoms. The normalized spacial score (nSPS) is 16.0. The number of rotatable bonds is 5. The Labute approximate surface area is 149 Å². The van der Waals surface area contributed by atoms with E-state index in [-0.39, 0.29) is 11.9 Å². The van der Waals surface area contributed by atoms with E-state index in [4.69, 9.17) is 9.15 Å². The van der Waals surface area contributed by atoms with Crippen LogP contribution in [0.2, 0.25) is 0 Å². The molecule has 1 aromatic heterocycles. The Bertz CT molecular complexity index is 704. The van der Waals surface area contributed by atoms with Crippen LogP contribution in [0, 0.1) is 6.92 Å². The number of likely N-dealkylation sites (tertiary alicyclic amines) is 1. The summed E-state index contributed by atoms with van der Waals surface area (Å²) in [7, 11) is 3.76. The van der Waals surface area contributed by atoms with Crippen molar-refractivity contribution in [3.05, 3.63) is 53.5 Å². The molecule has 0 radical (unpaired) electrons. The molecular formula is C20H26N2O3. The molecule has 25 heavy (non-hydrogen) atoms. The lowest BCUT2D eigenvalue weighted by Crippen LogP contribution is -2.46. The van der Waals surface area contributed by atoms with E-state index < -0.39 is 0 Å². The van der Waals surface area contributed by atoms with Crippen LogP contribution < -0.4 is 4.74 Å². The van der Waals surface area contributed by atoms with Gasteiger partial charge in [-0.15, -0.1) is 0 Å². The SMILES string of the molecule is COc1cc(C(=O)N(Cc2ccco2)C2CCN(C)CC2)ccc1C. The van der Waals surface area contributed by atoms with Crippen molar-refractivity contribution in [2.24, 2.45) is 0 Å². The summed E-state index contributed by atoms with van der Waals surface area (Å²) in [4.78, 5) is 17.5. The minimum atomic E-state index is 0.0317. The number of carbonyl (C=O) groups is 1. The Kier molecular flexibility index (Phi) is 5.43. The van der Waals surface area contributed by atoms with Gasteiger partial charge in [-0.25, -0.2) is 0 Å². The summed E-state index contributed by atoms with van der Waals surface area (Å²) < 4.78 is 10.9. The van der Waals surface area contributed by atoms with Crippen molar-refractivity contribution in [3.63, 3.8) is 0 Å². The maximum Gasteiger partial charge on any atom is 0.254 e. The molecule has 0 unspecified atom stereocenters. The average Bonchev–Trinajstić information content (AvgIpc) is 3.14. The molecule has 1 aromatic carbocycles. The third-order valence-corrected chi connectivity index (χ3v) is 4.95. The highest BCUT2D eigenvalue weighted by Gasteiger charge is 2.28. The molecule has 0 bridgehead atoms. The van der Waals surface area contributed by atoms with Crippen LogP contribution in [0.4, 0.5) is 0 Å². The quantitative estimate of drug-likeness (QED) is 0.836. The molecule has 0 aliphatic carbocycles. The lowest BCUT2D eigenvalue weighted by molar-refractivity contribution is 0.0550. The minimum Gasteiger partial charge on any atom is -0.496 e. The maximum absolute atomic E-state index is 13.2. The van der Waals surface area contributed by atoms with Crippen molar-refractivity contribution in [2.45, 2.75) is 32.4 Å². The van der Waals surface area contributed by atoms with Crippen molar-refractivity contribution in [2.75, 3.05) is 27.2 Å². The Balaban J connectivity index is 1.86. The number of methoxy groups -OCH3 is 1. The molecular weight excluding hydrogens is 316 g/mol. The summed E-state index contributed by atoms with van der Waals surface area (Å²) in [6, 6.07) is 9.66. The predicted octanol–water partition coefficient (Wildman–Crippen LogP) is 3.33. The molecule has 1 amide bonds. The summed E-state index contributed by atoms with van der Waals surface area (Å²) in [6.07, 6.45) is 3.61. The van der Waals surface area contributed by atoms with Crippen molar-refractivity contribution >= 4 is 5.91 Å². The third kappa shape index (κ3) is 4.04. The highest BCUT2D eigenvalue weighted by molar-refractivity contribution is 5.95. The Morgan fingerprint density at radius 3 is 2.72 bits per heavy atom. The summed E-state index contributed by atoms with van der Waals surface area (Å²) in [6.45, 7) is 4.48. The molecule has 1 aliphatic heterocycles. The van der Waals surface area contributed by atoms with Gasteiger partial charge in [0.1, 0.15) is 11.5 Å². The van der Waals surface area contributed by atoms with E-state index in [0.717, 1.165) is 43.0 Å². The number of piperidine rings is 1. The number of furan rings is 1. The van der Waals surface area contributed by atoms with Crippen LogP contribution in [0.25, 0.3) is 0 Å². The largest absolute Gasteiger partial charge is 0.496 e. The molecule has 5 nitrogen and oxygen atoms in total. The minimum absolute atomic E-state index is 0.0317. The van der Waals surface area contributed by atoms with Crippen molar-refractivity contribution in [1.29, 1.82) is 0 Å². The van der Waals surface area contributed by atoms with Gasteiger partial charge in [0.2, 0.25) is 0 Å². The van der Waals surface area contributed by atoms with E-state index in [1.807, 2.05) is 42.2 Å². The second-order valence-electron chi connectivity index (χ2n) is 6.73. The second kappa shape index (κ2) is 7.74. The van der Waals surface area contributed by atoms with Crippen molar-refractivity contribution < 1.29 is 13.9 Å². The molecule has 3 rings (SSSR count). The van der Waals surface area contributed by atoms with Gasteiger partial charge in [0.25, 0.3) is 5.91 Å². The van der Waals surface area contributed by atoms with Gasteiger partial charge in [0.15, 0.2) is 0 Å². The highest BCUT2D eigenvalue weighted by Crippen LogP contribution is 2.24. The first-order chi connectivity index (χ1) is 12.1. The molecule has 1 aliphatic rings. The van der Waals surface area contributed by atoms with Crippen LogP contribution in [-0.4, -0.2) is 49.0 Å². The topological polar surface area (TPSA) is 45.9 Å². The van der Waals surface area contributed by atoms with Gasteiger partial charge in [0, 0.05) is 11.6 Å². The number of nitrogens with zero attached hydrogens (tertiary/aromatic N) is 2. The predicted molar refractivity (Wildman–Crippen MR) is 96.8 cm³/mol. The molecule has 134 valence electrons. The zero-order valence-electron chi connectivity index (χ0n) is 15.2. The first-order valence-electron chi connectivity index (χ1n) is 8.75. The summed E-state index contributed by atoms with van der Waals surface area (Å²) in [5, 5.41) is 0. The number of carbonyl (C=O) groups excluding carboxylic acids is 1. The van der Waals surface area contributed by atoms with Crippen molar-refractivity contribution in [1.82, 2.24) is 9.80 Å². The molecule has 2 heterocycles. The van der Waals surface area contributed by atoms with Gasteiger partial charge in [-0.05, 0) is 69.7 Å². The van der Waals surface area contributed by atoms with Crippen LogP contribution in [0.1, 0.15) is 34.5 Å². The number of amides is 1. The lowest BCUT2D eigenvalue weighted by Gasteiger charge is -2.37. The van der Waals surface area contributed by atoms with Crippen LogP contribution in [-0.2, 0) is 6.54 Å². The molecule has 2 aromatic rings. The van der Waals surface area contributed by atoms with Gasteiger partial charge >= 0.3 is 0 Å². The van der Waals surface area contributed by atoms with Gasteiger partial charge in [-0.2, -0.15) is 0 Å². The van der Waals surface area contributed by atoms with E-state index in [2.05, 4.69) is 11.9 Å². The Morgan fingerprint density at radius 1 is 1.32 bits per heavy atom. The standard InChI is InChI=1S/C20H26N2O3/c1-15-6-7-16(13-19(15)24-3)20(23)22(14-18-5-4-12-25-18)17-8-10-21(2)11-9-17/h4-7,12-13,17H,8-11,14H2,1-3H3. The van der Waals surface area contributed by atoms with E-state index in [1.54, 1.807) is 13.4 Å². The lowest BCUT2D eigenvalue weighted by atomic mass is 10.0. The number of hydrogen-bond donors (Lipinski definition) is 0. The molecule has 0 N–H and O–H groups in total. The average molecular weight is 342 g/mol. The van der Waals surface area contributed by atoms with Crippen LogP contribution in [0.3, 0.4) is 0 Å². The smallest absolute Gasteiger partial charge is 0.254 e. The fourth-order valence-corrected chi connectivity index (χ4v) is 3.36. The van der Waals surface area contributed by atoms with Gasteiger partial charge in [-0.1, -0.05) is 6.07 Å². The second-order valence-corrected chi connectivity index (χ2v) is 6.73. The fraction of sp³-hybridized carbons (Fsp3) is 0.450. The summed E-state index contributed by atoms with van der Waals surface area (Å²) in [5.74, 6) is 1.59. The zero-order chi connectivity index (χ0) is 17.8.